The Kier molecular flexibility index (Phi) is 6.62. The molecular formula is C52H37N5. The second kappa shape index (κ2) is 11.8. The van der Waals surface area contributed by atoms with Gasteiger partial charge in [0.05, 0.1) is 22.0 Å². The maximum Gasteiger partial charge on any atom is 0.0724 e. The molecule has 0 fully saturated rings. The van der Waals surface area contributed by atoms with Gasteiger partial charge in [-0.15, -0.1) is 0 Å². The molecule has 57 heavy (non-hydrogen) atoms. The van der Waals surface area contributed by atoms with Crippen molar-refractivity contribution < 1.29 is 0 Å². The third kappa shape index (κ3) is 4.20. The second-order valence-corrected chi connectivity index (χ2v) is 15.4. The van der Waals surface area contributed by atoms with Crippen LogP contribution in [-0.2, 0) is 5.41 Å². The normalized spacial score (nSPS) is 16.5. The average molecular weight is 732 g/mol. The maximum absolute atomic E-state index is 5.83. The molecule has 1 atom stereocenters. The first-order valence-corrected chi connectivity index (χ1v) is 19.6. The standard InChI is InChI=1S/C52H37N5/c1-32-37(22-25-53)44-31-55-27-24-50(44)56(32)35-18-14-33(15-19-35)34-16-20-36(21-17-34)57-49-13-7-4-10-40(49)42-28-41-38-8-2-5-11-45(38)52(48(41)29-51(42)57)46-12-6-3-9-39(46)43-30-54-26-23-47(43)52/h2-29,31,54H,30,53H2,1H3/b25-22-. The molecule has 0 bridgehead atoms. The number of fused-ring (bicyclic) bond motifs is 13. The van der Waals surface area contributed by atoms with E-state index < -0.39 is 0 Å². The van der Waals surface area contributed by atoms with Gasteiger partial charge in [-0.2, -0.15) is 0 Å². The van der Waals surface area contributed by atoms with E-state index in [0.29, 0.717) is 0 Å². The molecule has 2 aliphatic carbocycles. The number of nitrogens with zero attached hydrogens (tertiary/aromatic N) is 3. The van der Waals surface area contributed by atoms with E-state index >= 15 is 0 Å². The summed E-state index contributed by atoms with van der Waals surface area (Å²) in [6, 6.07) is 51.9. The Hall–Kier alpha value is -7.37. The topological polar surface area (TPSA) is 60.8 Å². The van der Waals surface area contributed by atoms with Crippen molar-refractivity contribution in [3.63, 3.8) is 0 Å². The minimum atomic E-state index is -0.382. The van der Waals surface area contributed by atoms with E-state index in [1.165, 1.54) is 77.5 Å². The van der Waals surface area contributed by atoms with Gasteiger partial charge in [0, 0.05) is 57.7 Å². The van der Waals surface area contributed by atoms with E-state index in [-0.39, 0.29) is 5.41 Å². The largest absolute Gasteiger partial charge is 0.405 e. The first kappa shape index (κ1) is 31.9. The van der Waals surface area contributed by atoms with Crippen LogP contribution in [0.5, 0.6) is 0 Å². The first-order chi connectivity index (χ1) is 28.2. The van der Waals surface area contributed by atoms with E-state index in [0.717, 1.165) is 40.1 Å². The van der Waals surface area contributed by atoms with Gasteiger partial charge >= 0.3 is 0 Å². The van der Waals surface area contributed by atoms with Gasteiger partial charge in [-0.25, -0.2) is 0 Å². The van der Waals surface area contributed by atoms with Crippen molar-refractivity contribution in [2.45, 2.75) is 12.3 Å². The van der Waals surface area contributed by atoms with Crippen LogP contribution in [0.3, 0.4) is 0 Å². The van der Waals surface area contributed by atoms with Crippen molar-refractivity contribution in [2.24, 2.45) is 5.73 Å². The molecule has 12 rings (SSSR count). The Balaban J connectivity index is 1.00. The van der Waals surface area contributed by atoms with Crippen molar-refractivity contribution in [1.29, 1.82) is 0 Å². The molecular weight excluding hydrogens is 695 g/mol. The second-order valence-electron chi connectivity index (χ2n) is 15.4. The lowest BCUT2D eigenvalue weighted by Gasteiger charge is -2.32. The van der Waals surface area contributed by atoms with E-state index in [1.54, 1.807) is 6.20 Å². The summed E-state index contributed by atoms with van der Waals surface area (Å²) >= 11 is 0. The molecule has 0 radical (unpaired) electrons. The molecule has 0 saturated heterocycles. The number of para-hydroxylation sites is 1. The Morgan fingerprint density at radius 1 is 0.632 bits per heavy atom. The van der Waals surface area contributed by atoms with Crippen LogP contribution in [0.15, 0.2) is 176 Å². The van der Waals surface area contributed by atoms with Crippen LogP contribution in [-0.4, -0.2) is 20.7 Å². The molecule has 9 aromatic rings. The lowest BCUT2D eigenvalue weighted by molar-refractivity contribution is 0.779. The molecule has 270 valence electrons. The van der Waals surface area contributed by atoms with E-state index in [9.17, 15) is 0 Å². The van der Waals surface area contributed by atoms with Crippen molar-refractivity contribution in [1.82, 2.24) is 19.4 Å². The number of benzene rings is 6. The molecule has 3 N–H and O–H groups in total. The summed E-state index contributed by atoms with van der Waals surface area (Å²) in [5, 5.41) is 7.13. The van der Waals surface area contributed by atoms with Gasteiger partial charge in [0.1, 0.15) is 0 Å². The number of nitrogens with two attached hydrogens (primary N) is 1. The summed E-state index contributed by atoms with van der Waals surface area (Å²) in [7, 11) is 0. The number of hydrogen-bond acceptors (Lipinski definition) is 3. The molecule has 1 spiro atoms. The van der Waals surface area contributed by atoms with E-state index in [1.807, 2.05) is 18.5 Å². The molecule has 4 heterocycles. The Morgan fingerprint density at radius 2 is 1.30 bits per heavy atom. The highest BCUT2D eigenvalue weighted by Gasteiger charge is 2.52. The molecule has 5 heteroatoms. The highest BCUT2D eigenvalue weighted by Crippen LogP contribution is 2.63. The van der Waals surface area contributed by atoms with Gasteiger partial charge in [-0.05, 0) is 136 Å². The van der Waals surface area contributed by atoms with Crippen molar-refractivity contribution >= 4 is 44.4 Å². The zero-order valence-electron chi connectivity index (χ0n) is 31.4. The molecule has 6 aromatic carbocycles. The van der Waals surface area contributed by atoms with Crippen LogP contribution < -0.4 is 11.1 Å². The molecule has 0 saturated carbocycles. The molecule has 0 amide bonds. The molecule has 3 aliphatic rings. The van der Waals surface area contributed by atoms with Crippen LogP contribution in [0.25, 0.3) is 78.0 Å². The summed E-state index contributed by atoms with van der Waals surface area (Å²) in [6.07, 6.45) is 11.8. The molecule has 5 nitrogen and oxygen atoms in total. The van der Waals surface area contributed by atoms with Crippen LogP contribution in [0.1, 0.15) is 33.5 Å². The van der Waals surface area contributed by atoms with Gasteiger partial charge in [-0.1, -0.05) is 91.0 Å². The quantitative estimate of drug-likeness (QED) is 0.189. The zero-order valence-corrected chi connectivity index (χ0v) is 31.4. The van der Waals surface area contributed by atoms with Gasteiger partial charge in [0.15, 0.2) is 0 Å². The van der Waals surface area contributed by atoms with Gasteiger partial charge < -0.3 is 20.2 Å². The number of aromatic nitrogens is 3. The van der Waals surface area contributed by atoms with E-state index in [4.69, 9.17) is 5.73 Å². The third-order valence-electron chi connectivity index (χ3n) is 12.8. The third-order valence-corrected chi connectivity index (χ3v) is 12.8. The number of dihydropyridines is 1. The number of nitrogens with one attached hydrogen (secondary N) is 1. The highest BCUT2D eigenvalue weighted by atomic mass is 15.0. The van der Waals surface area contributed by atoms with Gasteiger partial charge in [0.25, 0.3) is 0 Å². The minimum Gasteiger partial charge on any atom is -0.405 e. The smallest absolute Gasteiger partial charge is 0.0724 e. The summed E-state index contributed by atoms with van der Waals surface area (Å²) in [5.41, 5.74) is 26.7. The fourth-order valence-electron chi connectivity index (χ4n) is 10.4. The number of rotatable bonds is 4. The minimum absolute atomic E-state index is 0.382. The summed E-state index contributed by atoms with van der Waals surface area (Å²) in [5.74, 6) is 0. The van der Waals surface area contributed by atoms with Crippen LogP contribution in [0, 0.1) is 6.92 Å². The van der Waals surface area contributed by atoms with Crippen LogP contribution >= 0.6 is 0 Å². The summed E-state index contributed by atoms with van der Waals surface area (Å²) in [6.45, 7) is 2.96. The summed E-state index contributed by atoms with van der Waals surface area (Å²) in [4.78, 5) is 4.38. The predicted octanol–water partition coefficient (Wildman–Crippen LogP) is 11.2. The Bertz CT molecular complexity index is 3240. The SMILES string of the molecule is Cc1c(/C=C\N)c2cnccc2n1-c1ccc(-c2ccc(-n3c4ccccc4c4cc5c(cc43)C3(C4=C(CNC=C4)c4ccccc43)c3ccccc3-5)cc2)cc1. The van der Waals surface area contributed by atoms with Gasteiger partial charge in [-0.3, -0.25) is 4.98 Å². The Morgan fingerprint density at radius 3 is 2.07 bits per heavy atom. The number of hydrogen-bond donors (Lipinski definition) is 2. The fraction of sp³-hybridized carbons (Fsp3) is 0.0577. The van der Waals surface area contributed by atoms with E-state index in [2.05, 4.69) is 178 Å². The first-order valence-electron chi connectivity index (χ1n) is 19.6. The molecule has 1 unspecified atom stereocenters. The zero-order chi connectivity index (χ0) is 37.8. The number of allylic oxidation sites excluding steroid dienone is 2. The molecule has 3 aromatic heterocycles. The molecule has 1 aliphatic heterocycles. The van der Waals surface area contributed by atoms with Crippen LogP contribution in [0.2, 0.25) is 0 Å². The average Bonchev–Trinajstić information content (AvgIpc) is 3.95. The Labute approximate surface area is 330 Å². The maximum atomic E-state index is 5.83. The number of pyridine rings is 1. The summed E-state index contributed by atoms with van der Waals surface area (Å²) < 4.78 is 4.74. The predicted molar refractivity (Wildman–Crippen MR) is 235 cm³/mol. The van der Waals surface area contributed by atoms with Crippen molar-refractivity contribution in [2.75, 3.05) is 6.54 Å². The highest BCUT2D eigenvalue weighted by molar-refractivity contribution is 6.12. The fourth-order valence-corrected chi connectivity index (χ4v) is 10.4. The van der Waals surface area contributed by atoms with Crippen LogP contribution in [0.4, 0.5) is 0 Å². The monoisotopic (exact) mass is 731 g/mol. The lowest BCUT2D eigenvalue weighted by Crippen LogP contribution is -2.28. The lowest BCUT2D eigenvalue weighted by atomic mass is 9.69. The van der Waals surface area contributed by atoms with Crippen molar-refractivity contribution in [3.05, 3.63) is 209 Å². The van der Waals surface area contributed by atoms with Crippen molar-refractivity contribution in [3.8, 4) is 33.6 Å². The van der Waals surface area contributed by atoms with Gasteiger partial charge in [0.2, 0.25) is 0 Å².